The van der Waals surface area contributed by atoms with Gasteiger partial charge in [0.1, 0.15) is 0 Å². The molecule has 2 N–H and O–H groups in total. The molecule has 2 aromatic rings. The fourth-order valence-corrected chi connectivity index (χ4v) is 3.81. The fraction of sp³-hybridized carbons (Fsp3) is 0.556. The van der Waals surface area contributed by atoms with Gasteiger partial charge in [0, 0.05) is 42.3 Å². The largest absolute Gasteiger partial charge is 0.379 e. The molecule has 4 heteroatoms. The van der Waals surface area contributed by atoms with Crippen molar-refractivity contribution in [3.8, 4) is 0 Å². The molecule has 4 nitrogen and oxygen atoms in total. The lowest BCUT2D eigenvalue weighted by Crippen LogP contribution is -2.39. The number of aromatic nitrogens is 1. The summed E-state index contributed by atoms with van der Waals surface area (Å²) < 4.78 is 5.44. The van der Waals surface area contributed by atoms with Gasteiger partial charge in [-0.25, -0.2) is 0 Å². The molecule has 0 unspecified atom stereocenters. The highest BCUT2D eigenvalue weighted by atomic mass is 16.5. The molecule has 2 aliphatic rings. The minimum absolute atomic E-state index is 0.458. The predicted molar refractivity (Wildman–Crippen MR) is 89.4 cm³/mol. The van der Waals surface area contributed by atoms with Crippen molar-refractivity contribution in [3.05, 3.63) is 35.0 Å². The number of aromatic amines is 1. The van der Waals surface area contributed by atoms with Crippen molar-refractivity contribution in [3.63, 3.8) is 0 Å². The first-order chi connectivity index (χ1) is 10.8. The number of benzene rings is 1. The standard InChI is InChI=1S/C18H25N3O/c1-13-2-3-16-15(12-13)14-4-6-19-17(18(14)20-16)5-7-21-8-10-22-11-9-21/h2-3,12,17,19-20H,4-11H2,1H3/t17-/m0/s1. The van der Waals surface area contributed by atoms with Gasteiger partial charge in [-0.3, -0.25) is 4.90 Å². The number of rotatable bonds is 3. The maximum atomic E-state index is 5.44. The molecule has 0 bridgehead atoms. The third-order valence-electron chi connectivity index (χ3n) is 5.05. The average molecular weight is 299 g/mol. The summed E-state index contributed by atoms with van der Waals surface area (Å²) in [6, 6.07) is 7.21. The average Bonchev–Trinajstić information content (AvgIpc) is 2.92. The van der Waals surface area contributed by atoms with Gasteiger partial charge < -0.3 is 15.0 Å². The van der Waals surface area contributed by atoms with Gasteiger partial charge in [-0.2, -0.15) is 0 Å². The first-order valence-electron chi connectivity index (χ1n) is 8.46. The molecule has 22 heavy (non-hydrogen) atoms. The summed E-state index contributed by atoms with van der Waals surface area (Å²) in [5.74, 6) is 0. The number of aryl methyl sites for hydroxylation is 1. The van der Waals surface area contributed by atoms with E-state index < -0.39 is 0 Å². The van der Waals surface area contributed by atoms with Crippen LogP contribution < -0.4 is 5.32 Å². The molecule has 4 rings (SSSR count). The van der Waals surface area contributed by atoms with Gasteiger partial charge in [0.05, 0.1) is 13.2 Å². The Morgan fingerprint density at radius 3 is 3.00 bits per heavy atom. The van der Waals surface area contributed by atoms with E-state index >= 15 is 0 Å². The van der Waals surface area contributed by atoms with Crippen molar-refractivity contribution < 1.29 is 4.74 Å². The van der Waals surface area contributed by atoms with Crippen LogP contribution in [0.1, 0.15) is 29.3 Å². The van der Waals surface area contributed by atoms with Crippen LogP contribution in [0, 0.1) is 6.92 Å². The van der Waals surface area contributed by atoms with Crippen molar-refractivity contribution in [2.75, 3.05) is 39.4 Å². The first-order valence-corrected chi connectivity index (χ1v) is 8.46. The lowest BCUT2D eigenvalue weighted by atomic mass is 9.96. The number of hydrogen-bond acceptors (Lipinski definition) is 3. The van der Waals surface area contributed by atoms with E-state index in [-0.39, 0.29) is 0 Å². The molecule has 1 aromatic heterocycles. The Kier molecular flexibility index (Phi) is 3.90. The highest BCUT2D eigenvalue weighted by Crippen LogP contribution is 2.32. The van der Waals surface area contributed by atoms with Crippen molar-refractivity contribution in [2.45, 2.75) is 25.8 Å². The molecule has 1 fully saturated rings. The van der Waals surface area contributed by atoms with Gasteiger partial charge in [0.25, 0.3) is 0 Å². The molecule has 1 saturated heterocycles. The molecule has 0 amide bonds. The van der Waals surface area contributed by atoms with E-state index in [0.29, 0.717) is 6.04 Å². The van der Waals surface area contributed by atoms with Crippen molar-refractivity contribution >= 4 is 10.9 Å². The van der Waals surface area contributed by atoms with Crippen LogP contribution >= 0.6 is 0 Å². The molecule has 2 aliphatic heterocycles. The fourth-order valence-electron chi connectivity index (χ4n) is 3.81. The Morgan fingerprint density at radius 1 is 1.27 bits per heavy atom. The van der Waals surface area contributed by atoms with Crippen LogP contribution in [0.15, 0.2) is 18.2 Å². The lowest BCUT2D eigenvalue weighted by Gasteiger charge is -2.30. The van der Waals surface area contributed by atoms with E-state index in [1.54, 1.807) is 0 Å². The van der Waals surface area contributed by atoms with Crippen LogP contribution in [0.4, 0.5) is 0 Å². The molecule has 0 radical (unpaired) electrons. The predicted octanol–water partition coefficient (Wildman–Crippen LogP) is 2.39. The molecular formula is C18H25N3O. The molecule has 0 spiro atoms. The Morgan fingerprint density at radius 2 is 2.14 bits per heavy atom. The number of hydrogen-bond donors (Lipinski definition) is 2. The molecule has 0 aliphatic carbocycles. The topological polar surface area (TPSA) is 40.3 Å². The maximum absolute atomic E-state index is 5.44. The van der Waals surface area contributed by atoms with Crippen LogP contribution in [0.3, 0.4) is 0 Å². The van der Waals surface area contributed by atoms with Crippen LogP contribution in [0.5, 0.6) is 0 Å². The second kappa shape index (κ2) is 6.03. The Hall–Kier alpha value is -1.36. The second-order valence-corrected chi connectivity index (χ2v) is 6.57. The highest BCUT2D eigenvalue weighted by Gasteiger charge is 2.24. The number of morpholine rings is 1. The second-order valence-electron chi connectivity index (χ2n) is 6.57. The Labute approximate surface area is 131 Å². The van der Waals surface area contributed by atoms with Crippen molar-refractivity contribution in [1.29, 1.82) is 0 Å². The van der Waals surface area contributed by atoms with Crippen LogP contribution in [0.2, 0.25) is 0 Å². The molecule has 118 valence electrons. The summed E-state index contributed by atoms with van der Waals surface area (Å²) in [7, 11) is 0. The van der Waals surface area contributed by atoms with Gasteiger partial charge >= 0.3 is 0 Å². The zero-order valence-corrected chi connectivity index (χ0v) is 13.3. The summed E-state index contributed by atoms with van der Waals surface area (Å²) in [6.45, 7) is 8.33. The molecule has 1 atom stereocenters. The molecule has 3 heterocycles. The Bertz CT molecular complexity index is 658. The summed E-state index contributed by atoms with van der Waals surface area (Å²) in [5.41, 5.74) is 5.58. The van der Waals surface area contributed by atoms with Crippen LogP contribution in [0.25, 0.3) is 10.9 Å². The third-order valence-corrected chi connectivity index (χ3v) is 5.05. The van der Waals surface area contributed by atoms with E-state index in [2.05, 4.69) is 40.3 Å². The monoisotopic (exact) mass is 299 g/mol. The highest BCUT2D eigenvalue weighted by molar-refractivity contribution is 5.85. The van der Waals surface area contributed by atoms with E-state index in [0.717, 1.165) is 45.8 Å². The van der Waals surface area contributed by atoms with E-state index in [4.69, 9.17) is 4.74 Å². The number of ether oxygens (including phenoxy) is 1. The van der Waals surface area contributed by atoms with Gasteiger partial charge in [-0.05, 0) is 44.0 Å². The third kappa shape index (κ3) is 2.67. The van der Waals surface area contributed by atoms with Crippen molar-refractivity contribution in [2.24, 2.45) is 0 Å². The number of H-pyrrole nitrogens is 1. The molecule has 1 aromatic carbocycles. The number of nitrogens with zero attached hydrogens (tertiary/aromatic N) is 1. The summed E-state index contributed by atoms with van der Waals surface area (Å²) in [6.07, 6.45) is 2.30. The first kappa shape index (κ1) is 14.2. The van der Waals surface area contributed by atoms with E-state index in [1.165, 1.54) is 34.1 Å². The minimum Gasteiger partial charge on any atom is -0.379 e. The Balaban J connectivity index is 1.55. The van der Waals surface area contributed by atoms with Crippen LogP contribution in [-0.2, 0) is 11.2 Å². The quantitative estimate of drug-likeness (QED) is 0.914. The number of fused-ring (bicyclic) bond motifs is 3. The molecule has 0 saturated carbocycles. The number of nitrogens with one attached hydrogen (secondary N) is 2. The zero-order valence-electron chi connectivity index (χ0n) is 13.3. The van der Waals surface area contributed by atoms with Gasteiger partial charge in [-0.15, -0.1) is 0 Å². The van der Waals surface area contributed by atoms with Gasteiger partial charge in [0.2, 0.25) is 0 Å². The molecular weight excluding hydrogens is 274 g/mol. The summed E-state index contributed by atoms with van der Waals surface area (Å²) in [5, 5.41) is 5.13. The lowest BCUT2D eigenvalue weighted by molar-refractivity contribution is 0.0360. The summed E-state index contributed by atoms with van der Waals surface area (Å²) in [4.78, 5) is 6.20. The SMILES string of the molecule is Cc1ccc2[nH]c3c(c2c1)CCN[C@H]3CCN1CCOCC1. The minimum atomic E-state index is 0.458. The van der Waals surface area contributed by atoms with Crippen LogP contribution in [-0.4, -0.2) is 49.3 Å². The van der Waals surface area contributed by atoms with Crippen molar-refractivity contribution in [1.82, 2.24) is 15.2 Å². The summed E-state index contributed by atoms with van der Waals surface area (Å²) >= 11 is 0. The van der Waals surface area contributed by atoms with E-state index in [9.17, 15) is 0 Å². The maximum Gasteiger partial charge on any atom is 0.0594 e. The van der Waals surface area contributed by atoms with Gasteiger partial charge in [-0.1, -0.05) is 11.6 Å². The van der Waals surface area contributed by atoms with Gasteiger partial charge in [0.15, 0.2) is 0 Å². The van der Waals surface area contributed by atoms with E-state index in [1.807, 2.05) is 0 Å². The zero-order chi connectivity index (χ0) is 14.9. The normalized spacial score (nSPS) is 22.9. The smallest absolute Gasteiger partial charge is 0.0594 e.